The first-order chi connectivity index (χ1) is 11.4. The zero-order valence-electron chi connectivity index (χ0n) is 14.5. The summed E-state index contributed by atoms with van der Waals surface area (Å²) in [5.74, 6) is 0.527. The molecule has 128 valence electrons. The van der Waals surface area contributed by atoms with Crippen molar-refractivity contribution < 1.29 is 18.7 Å². The van der Waals surface area contributed by atoms with Gasteiger partial charge in [-0.25, -0.2) is 4.79 Å². The quantitative estimate of drug-likeness (QED) is 0.806. The van der Waals surface area contributed by atoms with Crippen molar-refractivity contribution >= 4 is 17.6 Å². The Bertz CT molecular complexity index is 733. The fraction of sp³-hybridized carbons (Fsp3) is 0.368. The Morgan fingerprint density at radius 2 is 1.96 bits per heavy atom. The minimum Gasteiger partial charge on any atom is -0.466 e. The van der Waals surface area contributed by atoms with Crippen LogP contribution >= 0.6 is 0 Å². The lowest BCUT2D eigenvalue weighted by molar-refractivity contribution is -0.119. The summed E-state index contributed by atoms with van der Waals surface area (Å²) in [5, 5.41) is 2.81. The van der Waals surface area contributed by atoms with Crippen LogP contribution in [0.25, 0.3) is 0 Å². The highest BCUT2D eigenvalue weighted by atomic mass is 16.5. The van der Waals surface area contributed by atoms with E-state index in [9.17, 15) is 9.59 Å². The average molecular weight is 329 g/mol. The van der Waals surface area contributed by atoms with Gasteiger partial charge in [0.25, 0.3) is 5.91 Å². The number of aryl methyl sites for hydroxylation is 2. The second-order valence-electron chi connectivity index (χ2n) is 5.85. The van der Waals surface area contributed by atoms with Gasteiger partial charge in [0.05, 0.1) is 0 Å². The molecule has 0 radical (unpaired) electrons. The molecule has 5 nitrogen and oxygen atoms in total. The third kappa shape index (κ3) is 4.25. The molecule has 0 aliphatic carbocycles. The number of benzene rings is 1. The second-order valence-corrected chi connectivity index (χ2v) is 5.85. The van der Waals surface area contributed by atoms with E-state index in [4.69, 9.17) is 9.15 Å². The maximum Gasteiger partial charge on any atom is 0.342 e. The van der Waals surface area contributed by atoms with Gasteiger partial charge < -0.3 is 14.5 Å². The van der Waals surface area contributed by atoms with Crippen LogP contribution in [0, 0.1) is 13.8 Å². The van der Waals surface area contributed by atoms with E-state index in [2.05, 4.69) is 19.2 Å². The molecule has 2 rings (SSSR count). The highest BCUT2D eigenvalue weighted by molar-refractivity contribution is 5.96. The number of carbonyl (C=O) groups is 2. The van der Waals surface area contributed by atoms with Crippen molar-refractivity contribution in [3.8, 4) is 0 Å². The molecule has 0 aliphatic heterocycles. The van der Waals surface area contributed by atoms with Crippen LogP contribution in [0.1, 0.15) is 53.6 Å². The van der Waals surface area contributed by atoms with Gasteiger partial charge in [0.2, 0.25) is 0 Å². The van der Waals surface area contributed by atoms with Gasteiger partial charge in [0.1, 0.15) is 17.1 Å². The maximum absolute atomic E-state index is 12.1. The van der Waals surface area contributed by atoms with Crippen LogP contribution in [0.15, 0.2) is 34.7 Å². The Hall–Kier alpha value is -2.56. The number of nitrogens with one attached hydrogen (secondary N) is 1. The number of rotatable bonds is 6. The average Bonchev–Trinajstić information content (AvgIpc) is 2.91. The summed E-state index contributed by atoms with van der Waals surface area (Å²) >= 11 is 0. The smallest absolute Gasteiger partial charge is 0.342 e. The maximum atomic E-state index is 12.1. The van der Waals surface area contributed by atoms with Crippen molar-refractivity contribution in [1.29, 1.82) is 0 Å². The van der Waals surface area contributed by atoms with E-state index in [1.165, 1.54) is 0 Å². The molecule has 0 fully saturated rings. The Morgan fingerprint density at radius 3 is 2.58 bits per heavy atom. The Morgan fingerprint density at radius 1 is 1.25 bits per heavy atom. The molecule has 1 amide bonds. The van der Waals surface area contributed by atoms with Crippen LogP contribution in [0.3, 0.4) is 0 Å². The lowest BCUT2D eigenvalue weighted by atomic mass is 9.97. The van der Waals surface area contributed by atoms with E-state index in [0.29, 0.717) is 23.0 Å². The van der Waals surface area contributed by atoms with Gasteiger partial charge in [-0.05, 0) is 43.9 Å². The molecule has 1 N–H and O–H groups in total. The largest absolute Gasteiger partial charge is 0.466 e. The van der Waals surface area contributed by atoms with E-state index < -0.39 is 5.97 Å². The van der Waals surface area contributed by atoms with E-state index >= 15 is 0 Å². The number of anilines is 1. The number of carbonyl (C=O) groups excluding carboxylic acids is 2. The predicted octanol–water partition coefficient (Wildman–Crippen LogP) is 4.21. The molecule has 0 saturated heterocycles. The standard InChI is InChI=1S/C19H23NO4/c1-5-12(2)15-8-6-7-9-17(15)20-18(21)11-23-19(22)16-10-13(3)24-14(16)4/h6-10,12H,5,11H2,1-4H3,(H,20,21). The van der Waals surface area contributed by atoms with Crippen molar-refractivity contribution in [3.63, 3.8) is 0 Å². The van der Waals surface area contributed by atoms with Gasteiger partial charge in [-0.2, -0.15) is 0 Å². The second kappa shape index (κ2) is 7.81. The molecule has 0 saturated carbocycles. The van der Waals surface area contributed by atoms with Gasteiger partial charge in [-0.15, -0.1) is 0 Å². The van der Waals surface area contributed by atoms with Gasteiger partial charge >= 0.3 is 5.97 Å². The van der Waals surface area contributed by atoms with Crippen LogP contribution in [0.2, 0.25) is 0 Å². The van der Waals surface area contributed by atoms with Crippen molar-refractivity contribution in [3.05, 3.63) is 53.0 Å². The Balaban J connectivity index is 1.97. The Kier molecular flexibility index (Phi) is 5.79. The minimum absolute atomic E-state index is 0.334. The summed E-state index contributed by atoms with van der Waals surface area (Å²) < 4.78 is 10.4. The van der Waals surface area contributed by atoms with Crippen LogP contribution in [0.5, 0.6) is 0 Å². The monoisotopic (exact) mass is 329 g/mol. The van der Waals surface area contributed by atoms with Crippen LogP contribution in [-0.2, 0) is 9.53 Å². The SMILES string of the molecule is CCC(C)c1ccccc1NC(=O)COC(=O)c1cc(C)oc1C. The first-order valence-corrected chi connectivity index (χ1v) is 8.05. The zero-order valence-corrected chi connectivity index (χ0v) is 14.5. The Labute approximate surface area is 142 Å². The minimum atomic E-state index is -0.560. The van der Waals surface area contributed by atoms with E-state index in [1.54, 1.807) is 19.9 Å². The topological polar surface area (TPSA) is 68.5 Å². The van der Waals surface area contributed by atoms with Gasteiger partial charge in [0, 0.05) is 5.69 Å². The summed E-state index contributed by atoms with van der Waals surface area (Å²) in [4.78, 5) is 24.1. The van der Waals surface area contributed by atoms with E-state index in [1.807, 2.05) is 24.3 Å². The van der Waals surface area contributed by atoms with E-state index in [-0.39, 0.29) is 12.5 Å². The van der Waals surface area contributed by atoms with Gasteiger partial charge in [0.15, 0.2) is 6.61 Å². The van der Waals surface area contributed by atoms with Gasteiger partial charge in [-0.1, -0.05) is 32.0 Å². The highest BCUT2D eigenvalue weighted by Gasteiger charge is 2.17. The molecule has 1 atom stereocenters. The summed E-state index contributed by atoms with van der Waals surface area (Å²) in [5.41, 5.74) is 2.17. The summed E-state index contributed by atoms with van der Waals surface area (Å²) in [6, 6.07) is 9.26. The van der Waals surface area contributed by atoms with E-state index in [0.717, 1.165) is 17.7 Å². The zero-order chi connectivity index (χ0) is 17.7. The molecule has 1 unspecified atom stereocenters. The first kappa shape index (κ1) is 17.8. The normalized spacial score (nSPS) is 11.8. The third-order valence-electron chi connectivity index (χ3n) is 3.97. The summed E-state index contributed by atoms with van der Waals surface area (Å²) in [6.07, 6.45) is 0.973. The fourth-order valence-electron chi connectivity index (χ4n) is 2.49. The summed E-state index contributed by atoms with van der Waals surface area (Å²) in [6.45, 7) is 7.31. The van der Waals surface area contributed by atoms with Crippen molar-refractivity contribution in [2.45, 2.75) is 40.0 Å². The van der Waals surface area contributed by atoms with Crippen molar-refractivity contribution in [2.75, 3.05) is 11.9 Å². The molecule has 24 heavy (non-hydrogen) atoms. The third-order valence-corrected chi connectivity index (χ3v) is 3.97. The molecule has 0 spiro atoms. The molecule has 0 bridgehead atoms. The van der Waals surface area contributed by atoms with Crippen LogP contribution in [-0.4, -0.2) is 18.5 Å². The number of ether oxygens (including phenoxy) is 1. The fourth-order valence-corrected chi connectivity index (χ4v) is 2.49. The molecule has 1 aromatic heterocycles. The van der Waals surface area contributed by atoms with Gasteiger partial charge in [-0.3, -0.25) is 4.79 Å². The van der Waals surface area contributed by atoms with Crippen molar-refractivity contribution in [1.82, 2.24) is 0 Å². The lowest BCUT2D eigenvalue weighted by Crippen LogP contribution is -2.21. The molecule has 5 heteroatoms. The van der Waals surface area contributed by atoms with Crippen molar-refractivity contribution in [2.24, 2.45) is 0 Å². The molecule has 1 heterocycles. The first-order valence-electron chi connectivity index (χ1n) is 8.05. The molecule has 0 aliphatic rings. The number of hydrogen-bond acceptors (Lipinski definition) is 4. The highest BCUT2D eigenvalue weighted by Crippen LogP contribution is 2.26. The lowest BCUT2D eigenvalue weighted by Gasteiger charge is -2.15. The number of furan rings is 1. The number of esters is 1. The molecular weight excluding hydrogens is 306 g/mol. The predicted molar refractivity (Wildman–Crippen MR) is 92.2 cm³/mol. The number of amides is 1. The molecular formula is C19H23NO4. The van der Waals surface area contributed by atoms with Crippen LogP contribution < -0.4 is 5.32 Å². The number of para-hydroxylation sites is 1. The molecule has 2 aromatic rings. The molecule has 1 aromatic carbocycles. The van der Waals surface area contributed by atoms with Crippen LogP contribution in [0.4, 0.5) is 5.69 Å². The number of hydrogen-bond donors (Lipinski definition) is 1. The summed E-state index contributed by atoms with van der Waals surface area (Å²) in [7, 11) is 0.